The van der Waals surface area contributed by atoms with Crippen molar-refractivity contribution in [1.82, 2.24) is 15.5 Å². The van der Waals surface area contributed by atoms with Crippen LogP contribution in [0.4, 0.5) is 0 Å². The third-order valence-corrected chi connectivity index (χ3v) is 7.11. The number of nitrogens with zero attached hydrogens (tertiary/aromatic N) is 1. The maximum atomic E-state index is 12.9. The quantitative estimate of drug-likeness (QED) is 0.700. The van der Waals surface area contributed by atoms with E-state index in [2.05, 4.69) is 46.7 Å². The van der Waals surface area contributed by atoms with E-state index >= 15 is 0 Å². The largest absolute Gasteiger partial charge is 0.356 e. The summed E-state index contributed by atoms with van der Waals surface area (Å²) >= 11 is 0. The van der Waals surface area contributed by atoms with Crippen LogP contribution >= 0.6 is 0 Å². The minimum Gasteiger partial charge on any atom is -0.356 e. The van der Waals surface area contributed by atoms with Crippen LogP contribution in [0.3, 0.4) is 0 Å². The van der Waals surface area contributed by atoms with Crippen LogP contribution in [-0.4, -0.2) is 42.4 Å². The maximum absolute atomic E-state index is 12.9. The lowest BCUT2D eigenvalue weighted by Crippen LogP contribution is -2.44. The van der Waals surface area contributed by atoms with Crippen molar-refractivity contribution in [2.75, 3.05) is 19.6 Å². The molecule has 2 fully saturated rings. The molecule has 2 aromatic carbocycles. The standard InChI is InChI=1S/C27H35N3O2/c1-3-21-17-22(9-10-23(21)18-27(2)13-14-28-26(27)32)25(31)29-24-11-15-30(16-12-24)19-20-7-5-4-6-8-20/h4-10,17,24H,3,11-16,18-19H2,1-2H3,(H,28,32)(H,29,31). The zero-order chi connectivity index (χ0) is 22.6. The number of likely N-dealkylation sites (tertiary alicyclic amines) is 1. The topological polar surface area (TPSA) is 61.4 Å². The summed E-state index contributed by atoms with van der Waals surface area (Å²) in [4.78, 5) is 27.6. The first kappa shape index (κ1) is 22.5. The van der Waals surface area contributed by atoms with E-state index in [9.17, 15) is 9.59 Å². The van der Waals surface area contributed by atoms with Gasteiger partial charge >= 0.3 is 0 Å². The zero-order valence-electron chi connectivity index (χ0n) is 19.3. The Morgan fingerprint density at radius 3 is 2.53 bits per heavy atom. The lowest BCUT2D eigenvalue weighted by molar-refractivity contribution is -0.126. The summed E-state index contributed by atoms with van der Waals surface area (Å²) in [5, 5.41) is 6.20. The van der Waals surface area contributed by atoms with Crippen molar-refractivity contribution in [3.05, 3.63) is 70.8 Å². The van der Waals surface area contributed by atoms with Crippen LogP contribution in [0.5, 0.6) is 0 Å². The number of carbonyl (C=O) groups excluding carboxylic acids is 2. The van der Waals surface area contributed by atoms with Gasteiger partial charge in [0.25, 0.3) is 5.91 Å². The van der Waals surface area contributed by atoms with Gasteiger partial charge in [-0.05, 0) is 60.9 Å². The molecule has 1 atom stereocenters. The Hall–Kier alpha value is -2.66. The van der Waals surface area contributed by atoms with E-state index in [4.69, 9.17) is 0 Å². The van der Waals surface area contributed by atoms with Gasteiger partial charge in [0.1, 0.15) is 0 Å². The van der Waals surface area contributed by atoms with Crippen LogP contribution in [0.1, 0.15) is 60.2 Å². The highest BCUT2D eigenvalue weighted by Crippen LogP contribution is 2.32. The molecular formula is C27H35N3O2. The fraction of sp³-hybridized carbons (Fsp3) is 0.481. The highest BCUT2D eigenvalue weighted by Gasteiger charge is 2.38. The predicted octanol–water partition coefficient (Wildman–Crippen LogP) is 3.71. The number of amides is 2. The summed E-state index contributed by atoms with van der Waals surface area (Å²) < 4.78 is 0. The number of hydrogen-bond acceptors (Lipinski definition) is 3. The fourth-order valence-corrected chi connectivity index (χ4v) is 4.98. The molecule has 0 radical (unpaired) electrons. The summed E-state index contributed by atoms with van der Waals surface area (Å²) in [5.41, 5.74) is 4.06. The van der Waals surface area contributed by atoms with Crippen LogP contribution in [0.2, 0.25) is 0 Å². The Kier molecular flexibility index (Phi) is 6.95. The molecule has 2 aliphatic heterocycles. The zero-order valence-corrected chi connectivity index (χ0v) is 19.3. The van der Waals surface area contributed by atoms with Gasteiger partial charge in [-0.15, -0.1) is 0 Å². The van der Waals surface area contributed by atoms with Crippen molar-refractivity contribution in [3.8, 4) is 0 Å². The molecule has 1 unspecified atom stereocenters. The van der Waals surface area contributed by atoms with Gasteiger partial charge in [-0.2, -0.15) is 0 Å². The number of nitrogens with one attached hydrogen (secondary N) is 2. The highest BCUT2D eigenvalue weighted by atomic mass is 16.2. The van der Waals surface area contributed by atoms with E-state index in [1.165, 1.54) is 11.1 Å². The number of hydrogen-bond donors (Lipinski definition) is 2. The Bertz CT molecular complexity index is 951. The van der Waals surface area contributed by atoms with E-state index in [0.717, 1.165) is 69.4 Å². The van der Waals surface area contributed by atoms with Crippen LogP contribution < -0.4 is 10.6 Å². The first-order valence-corrected chi connectivity index (χ1v) is 11.9. The lowest BCUT2D eigenvalue weighted by atomic mass is 9.80. The molecule has 32 heavy (non-hydrogen) atoms. The molecule has 0 aliphatic carbocycles. The summed E-state index contributed by atoms with van der Waals surface area (Å²) in [6.45, 7) is 7.88. The molecule has 0 saturated carbocycles. The van der Waals surface area contributed by atoms with Crippen molar-refractivity contribution in [1.29, 1.82) is 0 Å². The van der Waals surface area contributed by atoms with Crippen LogP contribution in [0.25, 0.3) is 0 Å². The van der Waals surface area contributed by atoms with E-state index in [1.54, 1.807) is 0 Å². The van der Waals surface area contributed by atoms with Crippen molar-refractivity contribution in [2.45, 2.75) is 58.5 Å². The number of carbonyl (C=O) groups is 2. The fourth-order valence-electron chi connectivity index (χ4n) is 4.98. The lowest BCUT2D eigenvalue weighted by Gasteiger charge is -2.32. The molecule has 4 rings (SSSR count). The van der Waals surface area contributed by atoms with Gasteiger partial charge < -0.3 is 10.6 Å². The van der Waals surface area contributed by atoms with Gasteiger partial charge in [-0.3, -0.25) is 14.5 Å². The molecule has 2 N–H and O–H groups in total. The van der Waals surface area contributed by atoms with Crippen LogP contribution in [0, 0.1) is 5.41 Å². The Morgan fingerprint density at radius 2 is 1.88 bits per heavy atom. The van der Waals surface area contributed by atoms with Gasteiger partial charge in [0.15, 0.2) is 0 Å². The average Bonchev–Trinajstić information content (AvgIpc) is 3.13. The van der Waals surface area contributed by atoms with Crippen molar-refractivity contribution < 1.29 is 9.59 Å². The molecule has 2 aromatic rings. The van der Waals surface area contributed by atoms with Gasteiger partial charge in [0, 0.05) is 37.8 Å². The van der Waals surface area contributed by atoms with Crippen LogP contribution in [0.15, 0.2) is 48.5 Å². The second-order valence-electron chi connectivity index (χ2n) is 9.59. The van der Waals surface area contributed by atoms with E-state index in [0.29, 0.717) is 0 Å². The Labute approximate surface area is 191 Å². The van der Waals surface area contributed by atoms with Gasteiger partial charge in [0.2, 0.25) is 5.91 Å². The van der Waals surface area contributed by atoms with Crippen LogP contribution in [-0.2, 0) is 24.2 Å². The summed E-state index contributed by atoms with van der Waals surface area (Å²) in [6.07, 6.45) is 4.39. The van der Waals surface area contributed by atoms with Gasteiger partial charge in [0.05, 0.1) is 5.41 Å². The third kappa shape index (κ3) is 5.21. The number of benzene rings is 2. The van der Waals surface area contributed by atoms with Crippen molar-refractivity contribution in [2.24, 2.45) is 5.41 Å². The first-order chi connectivity index (χ1) is 15.5. The average molecular weight is 434 g/mol. The SMILES string of the molecule is CCc1cc(C(=O)NC2CCN(Cc3ccccc3)CC2)ccc1CC1(C)CCNC1=O. The molecule has 2 saturated heterocycles. The second-order valence-corrected chi connectivity index (χ2v) is 9.59. The Morgan fingerprint density at radius 1 is 1.12 bits per heavy atom. The number of piperidine rings is 1. The monoisotopic (exact) mass is 433 g/mol. The molecule has 5 nitrogen and oxygen atoms in total. The van der Waals surface area contributed by atoms with Gasteiger partial charge in [-0.1, -0.05) is 50.2 Å². The molecule has 0 spiro atoms. The molecule has 5 heteroatoms. The minimum absolute atomic E-state index is 0.0116. The molecule has 0 aromatic heterocycles. The van der Waals surface area contributed by atoms with E-state index in [-0.39, 0.29) is 23.3 Å². The smallest absolute Gasteiger partial charge is 0.251 e. The molecule has 2 aliphatic rings. The first-order valence-electron chi connectivity index (χ1n) is 11.9. The summed E-state index contributed by atoms with van der Waals surface area (Å²) in [5.74, 6) is 0.151. The molecule has 2 heterocycles. The normalized spacial score (nSPS) is 22.0. The highest BCUT2D eigenvalue weighted by molar-refractivity contribution is 5.94. The molecule has 0 bridgehead atoms. The van der Waals surface area contributed by atoms with Crippen molar-refractivity contribution in [3.63, 3.8) is 0 Å². The summed E-state index contributed by atoms with van der Waals surface area (Å²) in [6, 6.07) is 16.8. The predicted molar refractivity (Wildman–Crippen MR) is 127 cm³/mol. The maximum Gasteiger partial charge on any atom is 0.251 e. The van der Waals surface area contributed by atoms with Gasteiger partial charge in [-0.25, -0.2) is 0 Å². The van der Waals surface area contributed by atoms with E-state index < -0.39 is 0 Å². The summed E-state index contributed by atoms with van der Waals surface area (Å²) in [7, 11) is 0. The Balaban J connectivity index is 1.33. The number of aryl methyl sites for hydroxylation is 1. The second kappa shape index (κ2) is 9.86. The molecule has 2 amide bonds. The van der Waals surface area contributed by atoms with E-state index in [1.807, 2.05) is 31.2 Å². The molecule has 170 valence electrons. The van der Waals surface area contributed by atoms with Crippen molar-refractivity contribution >= 4 is 11.8 Å². The third-order valence-electron chi connectivity index (χ3n) is 7.11. The number of rotatable bonds is 7. The minimum atomic E-state index is -0.346. The molecular weight excluding hydrogens is 398 g/mol.